The van der Waals surface area contributed by atoms with Crippen LogP contribution in [0.1, 0.15) is 73.6 Å². The molecule has 2 aliphatic rings. The quantitative estimate of drug-likeness (QED) is 0.836. The van der Waals surface area contributed by atoms with Crippen molar-refractivity contribution in [3.8, 4) is 0 Å². The van der Waals surface area contributed by atoms with Gasteiger partial charge in [0.2, 0.25) is 0 Å². The van der Waals surface area contributed by atoms with Crippen molar-refractivity contribution in [1.82, 2.24) is 5.32 Å². The molecule has 0 aromatic carbocycles. The van der Waals surface area contributed by atoms with Crippen LogP contribution in [0.5, 0.6) is 0 Å². The molecule has 0 saturated heterocycles. The van der Waals surface area contributed by atoms with Crippen LogP contribution < -0.4 is 5.32 Å². The van der Waals surface area contributed by atoms with Crippen LogP contribution in [0.15, 0.2) is 0 Å². The Balaban J connectivity index is 2.05. The molecule has 2 rings (SSSR count). The predicted molar refractivity (Wildman–Crippen MR) is 84.7 cm³/mol. The van der Waals surface area contributed by atoms with E-state index in [1.54, 1.807) is 0 Å². The van der Waals surface area contributed by atoms with Gasteiger partial charge in [0.15, 0.2) is 5.78 Å². The second-order valence-corrected chi connectivity index (χ2v) is 9.23. The fraction of sp³-hybridized carbons (Fsp3) is 0.944. The zero-order valence-corrected chi connectivity index (χ0v) is 14.3. The topological polar surface area (TPSA) is 29.1 Å². The van der Waals surface area contributed by atoms with Gasteiger partial charge in [0, 0.05) is 11.0 Å². The van der Waals surface area contributed by atoms with Gasteiger partial charge in [-0.05, 0) is 64.2 Å². The average molecular weight is 279 g/mol. The molecule has 2 heteroatoms. The summed E-state index contributed by atoms with van der Waals surface area (Å²) in [7, 11) is 0. The van der Waals surface area contributed by atoms with Gasteiger partial charge in [-0.1, -0.05) is 27.2 Å². The van der Waals surface area contributed by atoms with Crippen LogP contribution in [-0.2, 0) is 4.79 Å². The van der Waals surface area contributed by atoms with Gasteiger partial charge in [-0.15, -0.1) is 0 Å². The lowest BCUT2D eigenvalue weighted by molar-refractivity contribution is -0.129. The molecule has 116 valence electrons. The van der Waals surface area contributed by atoms with Gasteiger partial charge in [-0.3, -0.25) is 4.79 Å². The summed E-state index contributed by atoms with van der Waals surface area (Å²) in [4.78, 5) is 12.8. The SMILES string of the molecule is CC(C)(C)NC(CC1CC2CCC1C2)C(=O)C(C)(C)C. The number of carbonyl (C=O) groups is 1. The highest BCUT2D eigenvalue weighted by Crippen LogP contribution is 2.50. The first kappa shape index (κ1) is 16.0. The van der Waals surface area contributed by atoms with Crippen LogP contribution in [-0.4, -0.2) is 17.4 Å². The summed E-state index contributed by atoms with van der Waals surface area (Å²) in [5.41, 5.74) is -0.246. The number of fused-ring (bicyclic) bond motifs is 2. The minimum atomic E-state index is -0.249. The fourth-order valence-corrected chi connectivity index (χ4v) is 4.24. The van der Waals surface area contributed by atoms with Gasteiger partial charge in [0.1, 0.15) is 0 Å². The molecule has 0 radical (unpaired) electrons. The molecule has 2 nitrogen and oxygen atoms in total. The van der Waals surface area contributed by atoms with Crippen molar-refractivity contribution in [2.75, 3.05) is 0 Å². The minimum Gasteiger partial charge on any atom is -0.303 e. The van der Waals surface area contributed by atoms with Crippen LogP contribution in [0.3, 0.4) is 0 Å². The predicted octanol–water partition coefficient (Wildman–Crippen LogP) is 4.18. The van der Waals surface area contributed by atoms with Crippen molar-refractivity contribution in [3.63, 3.8) is 0 Å². The number of rotatable bonds is 4. The molecule has 0 heterocycles. The maximum Gasteiger partial charge on any atom is 0.155 e. The molecule has 0 aromatic rings. The number of nitrogens with one attached hydrogen (secondary N) is 1. The first-order valence-electron chi connectivity index (χ1n) is 8.38. The molecule has 0 aliphatic heterocycles. The lowest BCUT2D eigenvalue weighted by Gasteiger charge is -2.35. The zero-order valence-electron chi connectivity index (χ0n) is 14.3. The number of hydrogen-bond acceptors (Lipinski definition) is 2. The highest BCUT2D eigenvalue weighted by molar-refractivity contribution is 5.88. The Bertz CT molecular complexity index is 361. The molecular weight excluding hydrogens is 246 g/mol. The third-order valence-corrected chi connectivity index (χ3v) is 5.09. The van der Waals surface area contributed by atoms with E-state index in [1.807, 2.05) is 20.8 Å². The number of hydrogen-bond donors (Lipinski definition) is 1. The van der Waals surface area contributed by atoms with Gasteiger partial charge in [-0.25, -0.2) is 0 Å². The Hall–Kier alpha value is -0.370. The number of carbonyl (C=O) groups excluding carboxylic acids is 1. The van der Waals surface area contributed by atoms with Crippen molar-refractivity contribution >= 4 is 5.78 Å². The first-order valence-corrected chi connectivity index (χ1v) is 8.38. The lowest BCUT2D eigenvalue weighted by atomic mass is 9.78. The van der Waals surface area contributed by atoms with Crippen molar-refractivity contribution in [1.29, 1.82) is 0 Å². The zero-order chi connectivity index (χ0) is 15.1. The second-order valence-electron chi connectivity index (χ2n) is 9.23. The second kappa shape index (κ2) is 5.44. The molecule has 0 aromatic heterocycles. The molecule has 4 atom stereocenters. The van der Waals surface area contributed by atoms with Crippen LogP contribution in [0.2, 0.25) is 0 Å². The van der Waals surface area contributed by atoms with Crippen LogP contribution in [0.4, 0.5) is 0 Å². The van der Waals surface area contributed by atoms with E-state index in [-0.39, 0.29) is 17.0 Å². The van der Waals surface area contributed by atoms with E-state index < -0.39 is 0 Å². The number of ketones is 1. The Morgan fingerprint density at radius 2 is 1.75 bits per heavy atom. The smallest absolute Gasteiger partial charge is 0.155 e. The number of Topliss-reactive ketones (excluding diaryl/α,β-unsaturated/α-hetero) is 1. The molecule has 0 amide bonds. The standard InChI is InChI=1S/C18H33NO/c1-17(2,3)16(20)15(19-18(4,5)6)11-14-10-12-7-8-13(14)9-12/h12-15,19H,7-11H2,1-6H3. The van der Waals surface area contributed by atoms with Gasteiger partial charge in [0.05, 0.1) is 6.04 Å². The molecule has 4 unspecified atom stereocenters. The summed E-state index contributed by atoms with van der Waals surface area (Å²) in [6.45, 7) is 12.6. The highest BCUT2D eigenvalue weighted by atomic mass is 16.1. The summed E-state index contributed by atoms with van der Waals surface area (Å²) in [6.07, 6.45) is 6.68. The first-order chi connectivity index (χ1) is 9.06. The lowest BCUT2D eigenvalue weighted by Crippen LogP contribution is -2.51. The fourth-order valence-electron chi connectivity index (χ4n) is 4.24. The molecular formula is C18H33NO. The van der Waals surface area contributed by atoms with E-state index in [2.05, 4.69) is 26.1 Å². The van der Waals surface area contributed by atoms with E-state index in [0.29, 0.717) is 5.78 Å². The summed E-state index contributed by atoms with van der Waals surface area (Å²) < 4.78 is 0. The largest absolute Gasteiger partial charge is 0.303 e. The molecule has 2 aliphatic carbocycles. The Morgan fingerprint density at radius 3 is 2.15 bits per heavy atom. The van der Waals surface area contributed by atoms with E-state index in [9.17, 15) is 4.79 Å². The third kappa shape index (κ3) is 3.84. The van der Waals surface area contributed by atoms with E-state index in [1.165, 1.54) is 25.7 Å². The molecule has 2 fully saturated rings. The average Bonchev–Trinajstić information content (AvgIpc) is 2.85. The Morgan fingerprint density at radius 1 is 1.10 bits per heavy atom. The summed E-state index contributed by atoms with van der Waals surface area (Å²) in [6, 6.07) is 0.0272. The maximum atomic E-state index is 12.8. The van der Waals surface area contributed by atoms with Gasteiger partial charge >= 0.3 is 0 Å². The van der Waals surface area contributed by atoms with Gasteiger partial charge in [-0.2, -0.15) is 0 Å². The van der Waals surface area contributed by atoms with Gasteiger partial charge < -0.3 is 5.32 Å². The van der Waals surface area contributed by atoms with Gasteiger partial charge in [0.25, 0.3) is 0 Å². The molecule has 1 N–H and O–H groups in total. The van der Waals surface area contributed by atoms with Crippen LogP contribution in [0, 0.1) is 23.2 Å². The van der Waals surface area contributed by atoms with E-state index in [4.69, 9.17) is 0 Å². The normalized spacial score (nSPS) is 31.6. The minimum absolute atomic E-state index is 0.00317. The Kier molecular flexibility index (Phi) is 4.35. The van der Waals surface area contributed by atoms with Crippen molar-refractivity contribution < 1.29 is 4.79 Å². The van der Waals surface area contributed by atoms with E-state index in [0.717, 1.165) is 24.2 Å². The van der Waals surface area contributed by atoms with Crippen molar-refractivity contribution in [2.45, 2.75) is 85.2 Å². The maximum absolute atomic E-state index is 12.8. The highest BCUT2D eigenvalue weighted by Gasteiger charge is 2.42. The molecule has 2 bridgehead atoms. The van der Waals surface area contributed by atoms with Crippen molar-refractivity contribution in [3.05, 3.63) is 0 Å². The van der Waals surface area contributed by atoms with E-state index >= 15 is 0 Å². The third-order valence-electron chi connectivity index (χ3n) is 5.09. The summed E-state index contributed by atoms with van der Waals surface area (Å²) in [5, 5.41) is 3.60. The summed E-state index contributed by atoms with van der Waals surface area (Å²) in [5.74, 6) is 3.03. The van der Waals surface area contributed by atoms with Crippen LogP contribution >= 0.6 is 0 Å². The monoisotopic (exact) mass is 279 g/mol. The summed E-state index contributed by atoms with van der Waals surface area (Å²) >= 11 is 0. The molecule has 20 heavy (non-hydrogen) atoms. The molecule has 0 spiro atoms. The Labute approximate surface area is 125 Å². The van der Waals surface area contributed by atoms with Crippen LogP contribution in [0.25, 0.3) is 0 Å². The van der Waals surface area contributed by atoms with Crippen molar-refractivity contribution in [2.24, 2.45) is 23.2 Å². The molecule has 2 saturated carbocycles.